The van der Waals surface area contributed by atoms with Crippen molar-refractivity contribution in [1.29, 1.82) is 0 Å². The summed E-state index contributed by atoms with van der Waals surface area (Å²) in [7, 11) is 0. The van der Waals surface area contributed by atoms with Crippen molar-refractivity contribution in [2.24, 2.45) is 0 Å². The van der Waals surface area contributed by atoms with Crippen LogP contribution in [-0.4, -0.2) is 0 Å². The summed E-state index contributed by atoms with van der Waals surface area (Å²) < 4.78 is 0. The van der Waals surface area contributed by atoms with Crippen molar-refractivity contribution in [2.45, 2.75) is 62.7 Å². The zero-order valence-corrected chi connectivity index (χ0v) is 41.0. The highest BCUT2D eigenvalue weighted by molar-refractivity contribution is 6.01. The lowest BCUT2D eigenvalue weighted by Crippen LogP contribution is -2.26. The van der Waals surface area contributed by atoms with Gasteiger partial charge in [-0.05, 0) is 169 Å². The lowest BCUT2D eigenvalue weighted by Gasteiger charge is -2.34. The zero-order chi connectivity index (χ0) is 48.0. The molecule has 1 atom stereocenters. The molecule has 2 heteroatoms. The number of hydrogen-bond acceptors (Lipinski definition) is 2. The van der Waals surface area contributed by atoms with Crippen molar-refractivity contribution < 1.29 is 0 Å². The summed E-state index contributed by atoms with van der Waals surface area (Å²) in [5, 5.41) is 0. The molecular formula is C70H56N2. The molecule has 1 spiro atoms. The molecule has 1 unspecified atom stereocenters. The number of hydrogen-bond donors (Lipinski definition) is 0. The summed E-state index contributed by atoms with van der Waals surface area (Å²) in [5.41, 5.74) is 25.8. The van der Waals surface area contributed by atoms with E-state index in [1.807, 2.05) is 0 Å². The third kappa shape index (κ3) is 6.41. The van der Waals surface area contributed by atoms with Crippen molar-refractivity contribution in [3.05, 3.63) is 276 Å². The van der Waals surface area contributed by atoms with Gasteiger partial charge in [0.15, 0.2) is 0 Å². The van der Waals surface area contributed by atoms with E-state index >= 15 is 0 Å². The zero-order valence-electron chi connectivity index (χ0n) is 41.0. The first-order valence-electron chi connectivity index (χ1n) is 26.1. The fourth-order valence-corrected chi connectivity index (χ4v) is 13.5. The van der Waals surface area contributed by atoms with Crippen molar-refractivity contribution in [3.8, 4) is 44.5 Å². The molecule has 346 valence electrons. The largest absolute Gasteiger partial charge is 0.310 e. The van der Waals surface area contributed by atoms with Crippen LogP contribution >= 0.6 is 0 Å². The second-order valence-corrected chi connectivity index (χ2v) is 21.0. The van der Waals surface area contributed by atoms with E-state index in [1.165, 1.54) is 121 Å². The van der Waals surface area contributed by atoms with Gasteiger partial charge in [0.05, 0.1) is 11.1 Å². The molecule has 1 fully saturated rings. The first kappa shape index (κ1) is 42.7. The van der Waals surface area contributed by atoms with Crippen molar-refractivity contribution in [3.63, 3.8) is 0 Å². The van der Waals surface area contributed by atoms with Gasteiger partial charge >= 0.3 is 0 Å². The topological polar surface area (TPSA) is 6.48 Å². The summed E-state index contributed by atoms with van der Waals surface area (Å²) in [6.07, 6.45) is 6.59. The fourth-order valence-electron chi connectivity index (χ4n) is 13.5. The Morgan fingerprint density at radius 1 is 0.319 bits per heavy atom. The second-order valence-electron chi connectivity index (χ2n) is 21.0. The summed E-state index contributed by atoms with van der Waals surface area (Å²) in [6.45, 7) is 4.74. The molecule has 0 saturated heterocycles. The Kier molecular flexibility index (Phi) is 9.90. The molecule has 4 aliphatic rings. The van der Waals surface area contributed by atoms with Gasteiger partial charge in [0, 0.05) is 39.4 Å². The van der Waals surface area contributed by atoms with Gasteiger partial charge in [0.1, 0.15) is 0 Å². The van der Waals surface area contributed by atoms with Crippen molar-refractivity contribution in [1.82, 2.24) is 0 Å². The monoisotopic (exact) mass is 924 g/mol. The Labute approximate surface area is 424 Å². The van der Waals surface area contributed by atoms with E-state index in [9.17, 15) is 0 Å². The van der Waals surface area contributed by atoms with Gasteiger partial charge in [-0.15, -0.1) is 0 Å². The standard InChI is InChI=1S/C70H56N2/c1-69(2)62-32-18-15-30-56(62)60-43-53(40-42-63(60)69)72(51-27-13-6-14-28-51)68-46-67-61(45-59(68)49-23-9-4-10-24-49)57-31-17-20-34-65(57)70(67)64-33-19-16-29-55(64)58-41-39-54(44-66(58)70)71(50-25-11-5-12-26-50)52-37-35-48(36-38-52)47-21-7-3-8-22-47/h4-6,9-20,23-47H,3,7-8,21-22H2,1-2H3. The number of rotatable bonds is 8. The minimum atomic E-state index is -0.603. The van der Waals surface area contributed by atoms with Gasteiger partial charge < -0.3 is 9.80 Å². The Bertz CT molecular complexity index is 3700. The van der Waals surface area contributed by atoms with E-state index in [2.05, 4.69) is 260 Å². The second kappa shape index (κ2) is 16.7. The van der Waals surface area contributed by atoms with Crippen molar-refractivity contribution >= 4 is 34.1 Å². The normalized spacial score (nSPS) is 16.6. The van der Waals surface area contributed by atoms with Crippen LogP contribution in [0.25, 0.3) is 44.5 Å². The molecule has 0 aliphatic heterocycles. The molecule has 0 aromatic heterocycles. The van der Waals surface area contributed by atoms with Gasteiger partial charge in [-0.2, -0.15) is 0 Å². The van der Waals surface area contributed by atoms with Crippen LogP contribution in [0.5, 0.6) is 0 Å². The minimum absolute atomic E-state index is 0.0977. The molecule has 72 heavy (non-hydrogen) atoms. The van der Waals surface area contributed by atoms with E-state index in [-0.39, 0.29) is 5.41 Å². The Balaban J connectivity index is 1.02. The quantitative estimate of drug-likeness (QED) is 0.150. The summed E-state index contributed by atoms with van der Waals surface area (Å²) in [4.78, 5) is 5.00. The molecule has 0 radical (unpaired) electrons. The van der Waals surface area contributed by atoms with Crippen LogP contribution in [-0.2, 0) is 10.8 Å². The Morgan fingerprint density at radius 2 is 0.778 bits per heavy atom. The predicted molar refractivity (Wildman–Crippen MR) is 301 cm³/mol. The number of anilines is 6. The average Bonchev–Trinajstić information content (AvgIpc) is 4.00. The highest BCUT2D eigenvalue weighted by atomic mass is 15.1. The number of para-hydroxylation sites is 2. The first-order valence-corrected chi connectivity index (χ1v) is 26.1. The number of benzene rings is 10. The van der Waals surface area contributed by atoms with Gasteiger partial charge in [-0.25, -0.2) is 0 Å². The van der Waals surface area contributed by atoms with Crippen LogP contribution in [0.4, 0.5) is 34.1 Å². The molecule has 0 amide bonds. The highest BCUT2D eigenvalue weighted by Crippen LogP contribution is 2.65. The number of fused-ring (bicyclic) bond motifs is 13. The lowest BCUT2D eigenvalue weighted by atomic mass is 9.70. The minimum Gasteiger partial charge on any atom is -0.310 e. The SMILES string of the molecule is CC1(C)c2ccccc2-c2cc(N(c3ccccc3)c3cc4c(cc3-c3ccccc3)-c3ccccc3C43c4ccccc4-c4ccc(N(c5ccccc5)c5ccc(C6CCCCC6)cc5)cc43)ccc21. The molecule has 14 rings (SSSR count). The van der Waals surface area contributed by atoms with Crippen LogP contribution in [0.1, 0.15) is 90.8 Å². The Hall–Kier alpha value is -8.20. The summed E-state index contributed by atoms with van der Waals surface area (Å²) in [5.74, 6) is 0.649. The molecule has 10 aromatic rings. The van der Waals surface area contributed by atoms with E-state index in [1.54, 1.807) is 0 Å². The van der Waals surface area contributed by atoms with E-state index < -0.39 is 5.41 Å². The molecule has 2 nitrogen and oxygen atoms in total. The third-order valence-electron chi connectivity index (χ3n) is 16.9. The summed E-state index contributed by atoms with van der Waals surface area (Å²) >= 11 is 0. The fraction of sp³-hybridized carbons (Fsp3) is 0.143. The molecule has 0 bridgehead atoms. The number of nitrogens with zero attached hydrogens (tertiary/aromatic N) is 2. The van der Waals surface area contributed by atoms with E-state index in [0.29, 0.717) is 5.92 Å². The van der Waals surface area contributed by atoms with Crippen LogP contribution in [0.2, 0.25) is 0 Å². The molecule has 10 aromatic carbocycles. The average molecular weight is 925 g/mol. The molecule has 0 heterocycles. The van der Waals surface area contributed by atoms with Crippen LogP contribution < -0.4 is 9.80 Å². The van der Waals surface area contributed by atoms with Crippen LogP contribution in [0, 0.1) is 0 Å². The van der Waals surface area contributed by atoms with Gasteiger partial charge in [0.2, 0.25) is 0 Å². The maximum absolute atomic E-state index is 2.58. The highest BCUT2D eigenvalue weighted by Gasteiger charge is 2.52. The van der Waals surface area contributed by atoms with Crippen LogP contribution in [0.15, 0.2) is 237 Å². The van der Waals surface area contributed by atoms with E-state index in [0.717, 1.165) is 28.4 Å². The van der Waals surface area contributed by atoms with Gasteiger partial charge in [0.25, 0.3) is 0 Å². The third-order valence-corrected chi connectivity index (χ3v) is 16.9. The first-order chi connectivity index (χ1) is 35.5. The molecule has 0 N–H and O–H groups in total. The van der Waals surface area contributed by atoms with Crippen molar-refractivity contribution in [2.75, 3.05) is 9.80 Å². The maximum Gasteiger partial charge on any atom is 0.0727 e. The smallest absolute Gasteiger partial charge is 0.0727 e. The van der Waals surface area contributed by atoms with Crippen LogP contribution in [0.3, 0.4) is 0 Å². The molecule has 1 saturated carbocycles. The maximum atomic E-state index is 2.58. The Morgan fingerprint density at radius 3 is 1.44 bits per heavy atom. The lowest BCUT2D eigenvalue weighted by molar-refractivity contribution is 0.443. The van der Waals surface area contributed by atoms with Gasteiger partial charge in [-0.3, -0.25) is 0 Å². The molecule has 4 aliphatic carbocycles. The predicted octanol–water partition coefficient (Wildman–Crippen LogP) is 19.0. The van der Waals surface area contributed by atoms with Gasteiger partial charge in [-0.1, -0.05) is 197 Å². The summed E-state index contributed by atoms with van der Waals surface area (Å²) in [6, 6.07) is 89.6. The molecular weight excluding hydrogens is 869 g/mol. The van der Waals surface area contributed by atoms with E-state index in [4.69, 9.17) is 0 Å².